The first-order valence-electron chi connectivity index (χ1n) is 15.2. The van der Waals surface area contributed by atoms with Crippen LogP contribution in [0.2, 0.25) is 5.02 Å². The predicted molar refractivity (Wildman–Crippen MR) is 177 cm³/mol. The number of hydrogen-bond acceptors (Lipinski definition) is 7. The van der Waals surface area contributed by atoms with Gasteiger partial charge in [-0.25, -0.2) is 30.2 Å². The zero-order chi connectivity index (χ0) is 33.7. The molecule has 0 N–H and O–H groups in total. The molecular weight excluding hydrogens is 642 g/mol. The molecule has 3 heterocycles. The normalized spacial score (nSPS) is 17.5. The molecule has 2 saturated heterocycles. The number of ether oxygens (including phenoxy) is 1. The summed E-state index contributed by atoms with van der Waals surface area (Å²) in [5.41, 5.74) is 0.530. The molecule has 2 aliphatic heterocycles. The van der Waals surface area contributed by atoms with Crippen molar-refractivity contribution in [2.24, 2.45) is 0 Å². The number of carbonyl (C=O) groups is 2. The van der Waals surface area contributed by atoms with Gasteiger partial charge >= 0.3 is 6.09 Å². The van der Waals surface area contributed by atoms with Gasteiger partial charge in [-0.3, -0.25) is 4.79 Å². The second-order valence-corrected chi connectivity index (χ2v) is 18.2. The SMILES string of the molecule is CN(C)S(=O)(=O)C1CCN(C(=O)CCn2ccc3cc(Cl)ccc32)CC1.CN(C)S(=O)(=O)C1CCN(C(=O)OC(C)(C)C)CC1. The van der Waals surface area contributed by atoms with E-state index in [1.807, 2.05) is 55.8 Å². The van der Waals surface area contributed by atoms with E-state index < -0.39 is 30.9 Å². The van der Waals surface area contributed by atoms with Crippen LogP contribution in [-0.2, 0) is 36.1 Å². The molecule has 12 nitrogen and oxygen atoms in total. The summed E-state index contributed by atoms with van der Waals surface area (Å²) in [7, 11) is -0.285. The van der Waals surface area contributed by atoms with Crippen molar-refractivity contribution < 1.29 is 31.2 Å². The van der Waals surface area contributed by atoms with Gasteiger partial charge in [0.2, 0.25) is 26.0 Å². The Bertz CT molecular complexity index is 1540. The molecule has 0 saturated carbocycles. The van der Waals surface area contributed by atoms with Gasteiger partial charge in [-0.2, -0.15) is 0 Å². The van der Waals surface area contributed by atoms with Crippen LogP contribution in [0.5, 0.6) is 0 Å². The molecule has 1 aromatic heterocycles. The number of fused-ring (bicyclic) bond motifs is 1. The van der Waals surface area contributed by atoms with Gasteiger partial charge < -0.3 is 19.1 Å². The molecule has 45 heavy (non-hydrogen) atoms. The Kier molecular flexibility index (Phi) is 12.4. The van der Waals surface area contributed by atoms with E-state index in [1.165, 1.54) is 22.7 Å². The maximum atomic E-state index is 12.5. The number of hydrogen-bond donors (Lipinski definition) is 0. The number of piperidine rings is 2. The van der Waals surface area contributed by atoms with Crippen LogP contribution < -0.4 is 0 Å². The van der Waals surface area contributed by atoms with Crippen LogP contribution in [0.4, 0.5) is 4.79 Å². The van der Waals surface area contributed by atoms with Crippen molar-refractivity contribution in [1.29, 1.82) is 0 Å². The van der Waals surface area contributed by atoms with Gasteiger partial charge in [-0.1, -0.05) is 11.6 Å². The highest BCUT2D eigenvalue weighted by Crippen LogP contribution is 2.24. The molecule has 0 bridgehead atoms. The number of aromatic nitrogens is 1. The maximum Gasteiger partial charge on any atom is 0.410 e. The van der Waals surface area contributed by atoms with Crippen LogP contribution in [0.25, 0.3) is 10.9 Å². The molecule has 0 atom stereocenters. The van der Waals surface area contributed by atoms with Crippen LogP contribution in [-0.4, -0.2) is 122 Å². The minimum atomic E-state index is -3.24. The van der Waals surface area contributed by atoms with E-state index in [0.29, 0.717) is 69.9 Å². The first kappa shape index (κ1) is 37.1. The fraction of sp³-hybridized carbons (Fsp3) is 0.667. The predicted octanol–water partition coefficient (Wildman–Crippen LogP) is 3.84. The lowest BCUT2D eigenvalue weighted by Gasteiger charge is -2.34. The van der Waals surface area contributed by atoms with Crippen LogP contribution in [0, 0.1) is 0 Å². The average Bonchev–Trinajstić information content (AvgIpc) is 3.37. The molecule has 15 heteroatoms. The molecule has 1 aromatic carbocycles. The second-order valence-electron chi connectivity index (χ2n) is 12.9. The van der Waals surface area contributed by atoms with Gasteiger partial charge in [0.25, 0.3) is 0 Å². The summed E-state index contributed by atoms with van der Waals surface area (Å²) in [5, 5.41) is 0.961. The molecule has 2 fully saturated rings. The van der Waals surface area contributed by atoms with Crippen LogP contribution in [0.1, 0.15) is 52.9 Å². The monoisotopic (exact) mass is 689 g/mol. The number of rotatable bonds is 7. The van der Waals surface area contributed by atoms with Crippen molar-refractivity contribution in [3.8, 4) is 0 Å². The lowest BCUT2D eigenvalue weighted by atomic mass is 10.1. The first-order chi connectivity index (χ1) is 20.8. The van der Waals surface area contributed by atoms with E-state index >= 15 is 0 Å². The van der Waals surface area contributed by atoms with Gasteiger partial charge in [-0.15, -0.1) is 0 Å². The van der Waals surface area contributed by atoms with Gasteiger partial charge in [0, 0.05) is 89.5 Å². The zero-order valence-electron chi connectivity index (χ0n) is 27.4. The lowest BCUT2D eigenvalue weighted by molar-refractivity contribution is -0.132. The number of amides is 2. The largest absolute Gasteiger partial charge is 0.444 e. The van der Waals surface area contributed by atoms with E-state index in [4.69, 9.17) is 16.3 Å². The highest BCUT2D eigenvalue weighted by Gasteiger charge is 2.35. The molecule has 0 spiro atoms. The minimum Gasteiger partial charge on any atom is -0.444 e. The Morgan fingerprint density at radius 1 is 0.844 bits per heavy atom. The minimum absolute atomic E-state index is 0.0708. The summed E-state index contributed by atoms with van der Waals surface area (Å²) < 4.78 is 58.2. The average molecular weight is 690 g/mol. The second kappa shape index (κ2) is 15.0. The number of aryl methyl sites for hydroxylation is 1. The number of likely N-dealkylation sites (tertiary alicyclic amines) is 2. The van der Waals surface area contributed by atoms with Crippen molar-refractivity contribution in [2.75, 3.05) is 54.4 Å². The van der Waals surface area contributed by atoms with E-state index in [9.17, 15) is 26.4 Å². The van der Waals surface area contributed by atoms with Gasteiger partial charge in [0.1, 0.15) is 5.60 Å². The smallest absolute Gasteiger partial charge is 0.410 e. The molecule has 0 radical (unpaired) electrons. The van der Waals surface area contributed by atoms with Gasteiger partial charge in [0.05, 0.1) is 10.5 Å². The Labute approximate surface area is 273 Å². The molecule has 2 aliphatic rings. The number of carbonyl (C=O) groups excluding carboxylic acids is 2. The fourth-order valence-electron chi connectivity index (χ4n) is 5.40. The molecule has 4 rings (SSSR count). The summed E-state index contributed by atoms with van der Waals surface area (Å²) in [6.45, 7) is 7.88. The van der Waals surface area contributed by atoms with Gasteiger partial charge in [0.15, 0.2) is 0 Å². The van der Waals surface area contributed by atoms with Gasteiger partial charge in [-0.05, 0) is 70.7 Å². The summed E-state index contributed by atoms with van der Waals surface area (Å²) in [6, 6.07) is 7.70. The highest BCUT2D eigenvalue weighted by atomic mass is 35.5. The Morgan fingerprint density at radius 3 is 1.80 bits per heavy atom. The molecule has 2 aromatic rings. The van der Waals surface area contributed by atoms with Crippen molar-refractivity contribution in [2.45, 2.75) is 75.5 Å². The molecule has 0 unspecified atom stereocenters. The quantitative estimate of drug-likeness (QED) is 0.432. The van der Waals surface area contributed by atoms with Crippen LogP contribution >= 0.6 is 11.6 Å². The summed E-state index contributed by atoms with van der Waals surface area (Å²) in [6.07, 6.45) is 3.91. The van der Waals surface area contributed by atoms with E-state index in [2.05, 4.69) is 0 Å². The van der Waals surface area contributed by atoms with Crippen LogP contribution in [0.3, 0.4) is 0 Å². The summed E-state index contributed by atoms with van der Waals surface area (Å²) in [5.74, 6) is 0.0708. The standard InChI is InChI=1S/C18H24ClN3O3S.C12H24N2O4S/c1-20(2)26(24,25)16-6-10-22(11-7-16)18(23)8-12-21-9-5-14-13-15(19)3-4-17(14)21;1-12(2,3)18-11(15)14-8-6-10(7-9-14)19(16,17)13(4)5/h3-5,9,13,16H,6-8,10-12H2,1-2H3;10H,6-9H2,1-5H3. The molecule has 2 amide bonds. The summed E-state index contributed by atoms with van der Waals surface area (Å²) in [4.78, 5) is 27.7. The van der Waals surface area contributed by atoms with Crippen LogP contribution in [0.15, 0.2) is 30.5 Å². The van der Waals surface area contributed by atoms with E-state index in [0.717, 1.165) is 10.9 Å². The van der Waals surface area contributed by atoms with Crippen molar-refractivity contribution in [3.05, 3.63) is 35.5 Å². The zero-order valence-corrected chi connectivity index (χ0v) is 29.8. The third kappa shape index (κ3) is 9.80. The highest BCUT2D eigenvalue weighted by molar-refractivity contribution is 7.90. The Hall–Kier alpha value is -2.39. The van der Waals surface area contributed by atoms with Crippen molar-refractivity contribution in [3.63, 3.8) is 0 Å². The molecular formula is C30H48ClN5O7S2. The van der Waals surface area contributed by atoms with E-state index in [1.54, 1.807) is 23.9 Å². The Morgan fingerprint density at radius 2 is 1.33 bits per heavy atom. The van der Waals surface area contributed by atoms with E-state index in [-0.39, 0.29) is 17.3 Å². The molecule has 254 valence electrons. The molecule has 0 aliphatic carbocycles. The number of nitrogens with zero attached hydrogens (tertiary/aromatic N) is 5. The fourth-order valence-corrected chi connectivity index (χ4v) is 8.39. The summed E-state index contributed by atoms with van der Waals surface area (Å²) >= 11 is 6.00. The third-order valence-corrected chi connectivity index (χ3v) is 12.9. The lowest BCUT2D eigenvalue weighted by Crippen LogP contribution is -2.46. The Balaban J connectivity index is 0.000000259. The van der Waals surface area contributed by atoms with Crippen molar-refractivity contribution in [1.82, 2.24) is 23.0 Å². The van der Waals surface area contributed by atoms with Crippen molar-refractivity contribution >= 4 is 54.6 Å². The number of halogens is 1. The first-order valence-corrected chi connectivity index (χ1v) is 18.5. The third-order valence-electron chi connectivity index (χ3n) is 8.05. The maximum absolute atomic E-state index is 12.5. The topological polar surface area (TPSA) is 130 Å². The number of sulfonamides is 2. The number of benzene rings is 1.